The zero-order valence-corrected chi connectivity index (χ0v) is 19.9. The first-order chi connectivity index (χ1) is 16.4. The first-order valence-electron chi connectivity index (χ1n) is 10.4. The van der Waals surface area contributed by atoms with E-state index in [1.165, 1.54) is 7.11 Å². The molecule has 7 nitrogen and oxygen atoms in total. The SMILES string of the molecule is COc1cccc(C(=O)Oc2ccc3c(c2C)O/C(=C\c2cc(Br)cc4c2OCOC4)C3=O)c1. The van der Waals surface area contributed by atoms with Gasteiger partial charge >= 0.3 is 5.97 Å². The van der Waals surface area contributed by atoms with Crippen molar-refractivity contribution in [3.05, 3.63) is 86.6 Å². The van der Waals surface area contributed by atoms with Gasteiger partial charge in [-0.25, -0.2) is 4.79 Å². The Morgan fingerprint density at radius 2 is 1.97 bits per heavy atom. The molecule has 0 aromatic heterocycles. The zero-order valence-electron chi connectivity index (χ0n) is 18.3. The number of ether oxygens (including phenoxy) is 5. The Balaban J connectivity index is 1.44. The van der Waals surface area contributed by atoms with E-state index in [1.54, 1.807) is 49.4 Å². The minimum atomic E-state index is -0.540. The molecule has 0 saturated carbocycles. The first kappa shape index (κ1) is 22.2. The third-order valence-corrected chi connectivity index (χ3v) is 5.99. The van der Waals surface area contributed by atoms with Crippen molar-refractivity contribution >= 4 is 33.8 Å². The van der Waals surface area contributed by atoms with Crippen molar-refractivity contribution in [2.45, 2.75) is 13.5 Å². The number of benzene rings is 3. The standard InChI is InChI=1S/C26H19BrO7/c1-14-21(34-26(29)15-4-3-5-19(10-15)30-2)7-6-20-23(28)22(33-24(14)20)11-16-8-18(27)9-17-12-31-13-32-25(16)17/h3-11H,12-13H2,1-2H3/b22-11-. The highest BCUT2D eigenvalue weighted by Crippen LogP contribution is 2.41. The number of hydrogen-bond donors (Lipinski definition) is 0. The second kappa shape index (κ2) is 8.96. The number of allylic oxidation sites excluding steroid dienone is 1. The van der Waals surface area contributed by atoms with Gasteiger partial charge < -0.3 is 23.7 Å². The Morgan fingerprint density at radius 3 is 2.79 bits per heavy atom. The molecule has 2 aliphatic rings. The lowest BCUT2D eigenvalue weighted by Gasteiger charge is -2.20. The summed E-state index contributed by atoms with van der Waals surface area (Å²) < 4.78 is 28.5. The van der Waals surface area contributed by atoms with Crippen LogP contribution in [-0.4, -0.2) is 25.7 Å². The van der Waals surface area contributed by atoms with Crippen molar-refractivity contribution in [1.29, 1.82) is 0 Å². The number of methoxy groups -OCH3 is 1. The molecule has 0 bridgehead atoms. The Labute approximate surface area is 204 Å². The summed E-state index contributed by atoms with van der Waals surface area (Å²) >= 11 is 3.48. The van der Waals surface area contributed by atoms with Crippen LogP contribution in [0.1, 0.15) is 37.4 Å². The number of fused-ring (bicyclic) bond motifs is 2. The fraction of sp³-hybridized carbons (Fsp3) is 0.154. The summed E-state index contributed by atoms with van der Waals surface area (Å²) in [5, 5.41) is 0. The molecule has 0 spiro atoms. The third kappa shape index (κ3) is 4.06. The topological polar surface area (TPSA) is 80.3 Å². The third-order valence-electron chi connectivity index (χ3n) is 5.53. The molecule has 0 atom stereocenters. The van der Waals surface area contributed by atoms with Crippen LogP contribution >= 0.6 is 15.9 Å². The summed E-state index contributed by atoms with van der Waals surface area (Å²) in [7, 11) is 1.53. The van der Waals surface area contributed by atoms with Crippen LogP contribution in [0.5, 0.6) is 23.0 Å². The van der Waals surface area contributed by atoms with Gasteiger partial charge in [0.1, 0.15) is 23.0 Å². The smallest absolute Gasteiger partial charge is 0.343 e. The van der Waals surface area contributed by atoms with Gasteiger partial charge in [-0.2, -0.15) is 0 Å². The molecular weight excluding hydrogens is 504 g/mol. The highest BCUT2D eigenvalue weighted by atomic mass is 79.9. The van der Waals surface area contributed by atoms with Crippen molar-refractivity contribution in [3.63, 3.8) is 0 Å². The van der Waals surface area contributed by atoms with Crippen LogP contribution in [0.4, 0.5) is 0 Å². The van der Waals surface area contributed by atoms with Crippen LogP contribution in [-0.2, 0) is 11.3 Å². The lowest BCUT2D eigenvalue weighted by molar-refractivity contribution is -0.0165. The van der Waals surface area contributed by atoms with Gasteiger partial charge in [0.2, 0.25) is 5.78 Å². The number of rotatable bonds is 4. The number of ketones is 1. The quantitative estimate of drug-likeness (QED) is 0.255. The molecule has 2 aliphatic heterocycles. The summed E-state index contributed by atoms with van der Waals surface area (Å²) in [5.41, 5.74) is 2.87. The molecule has 0 saturated heterocycles. The Morgan fingerprint density at radius 1 is 1.12 bits per heavy atom. The highest BCUT2D eigenvalue weighted by Gasteiger charge is 2.31. The van der Waals surface area contributed by atoms with E-state index in [-0.39, 0.29) is 18.3 Å². The summed E-state index contributed by atoms with van der Waals surface area (Å²) in [4.78, 5) is 25.7. The maximum absolute atomic E-state index is 13.0. The van der Waals surface area contributed by atoms with Crippen molar-refractivity contribution in [3.8, 4) is 23.0 Å². The summed E-state index contributed by atoms with van der Waals surface area (Å²) in [6, 6.07) is 13.6. The van der Waals surface area contributed by atoms with E-state index in [1.807, 2.05) is 12.1 Å². The van der Waals surface area contributed by atoms with E-state index in [4.69, 9.17) is 23.7 Å². The molecule has 0 N–H and O–H groups in total. The van der Waals surface area contributed by atoms with Gasteiger partial charge in [-0.3, -0.25) is 4.79 Å². The molecule has 0 amide bonds. The Hall–Kier alpha value is -3.62. The molecule has 3 aromatic carbocycles. The van der Waals surface area contributed by atoms with Gasteiger partial charge in [0.15, 0.2) is 12.6 Å². The molecular formula is C26H19BrO7. The molecule has 0 radical (unpaired) electrons. The molecule has 8 heteroatoms. The fourth-order valence-corrected chi connectivity index (χ4v) is 4.37. The largest absolute Gasteiger partial charge is 0.497 e. The van der Waals surface area contributed by atoms with Gasteiger partial charge in [0.05, 0.1) is 24.8 Å². The van der Waals surface area contributed by atoms with E-state index < -0.39 is 5.97 Å². The summed E-state index contributed by atoms with van der Waals surface area (Å²) in [5.74, 6) is 1.23. The Bertz CT molecular complexity index is 1360. The normalized spacial score (nSPS) is 15.3. The number of Topliss-reactive ketones (excluding diaryl/α,β-unsaturated/α-hetero) is 1. The van der Waals surface area contributed by atoms with Crippen molar-refractivity contribution in [1.82, 2.24) is 0 Å². The van der Waals surface area contributed by atoms with Gasteiger partial charge in [-0.1, -0.05) is 22.0 Å². The number of carbonyl (C=O) groups excluding carboxylic acids is 2. The number of esters is 1. The van der Waals surface area contributed by atoms with Crippen LogP contribution in [0.25, 0.3) is 6.08 Å². The van der Waals surface area contributed by atoms with Crippen LogP contribution < -0.4 is 18.9 Å². The minimum Gasteiger partial charge on any atom is -0.497 e. The first-order valence-corrected chi connectivity index (χ1v) is 11.2. The van der Waals surface area contributed by atoms with Crippen molar-refractivity contribution in [2.24, 2.45) is 0 Å². The second-order valence-electron chi connectivity index (χ2n) is 7.72. The summed E-state index contributed by atoms with van der Waals surface area (Å²) in [6.45, 7) is 2.30. The van der Waals surface area contributed by atoms with E-state index in [0.29, 0.717) is 51.9 Å². The average Bonchev–Trinajstić information content (AvgIpc) is 3.16. The van der Waals surface area contributed by atoms with Gasteiger partial charge in [0, 0.05) is 21.2 Å². The van der Waals surface area contributed by atoms with Crippen LogP contribution in [0.2, 0.25) is 0 Å². The van der Waals surface area contributed by atoms with Gasteiger partial charge in [0.25, 0.3) is 0 Å². The maximum atomic E-state index is 13.0. The molecule has 0 fully saturated rings. The number of carbonyl (C=O) groups is 2. The molecule has 172 valence electrons. The van der Waals surface area contributed by atoms with Crippen molar-refractivity contribution in [2.75, 3.05) is 13.9 Å². The van der Waals surface area contributed by atoms with Crippen LogP contribution in [0.15, 0.2) is 58.8 Å². The van der Waals surface area contributed by atoms with E-state index in [2.05, 4.69) is 15.9 Å². The average molecular weight is 523 g/mol. The number of hydrogen-bond acceptors (Lipinski definition) is 7. The molecule has 5 rings (SSSR count). The summed E-state index contributed by atoms with van der Waals surface area (Å²) in [6.07, 6.45) is 1.65. The van der Waals surface area contributed by atoms with Crippen LogP contribution in [0.3, 0.4) is 0 Å². The fourth-order valence-electron chi connectivity index (χ4n) is 3.84. The second-order valence-corrected chi connectivity index (χ2v) is 8.64. The Kier molecular flexibility index (Phi) is 5.85. The monoisotopic (exact) mass is 522 g/mol. The minimum absolute atomic E-state index is 0.140. The molecule has 34 heavy (non-hydrogen) atoms. The predicted octanol–water partition coefficient (Wildman–Crippen LogP) is 5.47. The highest BCUT2D eigenvalue weighted by molar-refractivity contribution is 9.10. The molecule has 3 aromatic rings. The van der Waals surface area contributed by atoms with Crippen molar-refractivity contribution < 1.29 is 33.3 Å². The van der Waals surface area contributed by atoms with Gasteiger partial charge in [-0.15, -0.1) is 0 Å². The number of halogens is 1. The lowest BCUT2D eigenvalue weighted by Crippen LogP contribution is -2.12. The maximum Gasteiger partial charge on any atom is 0.343 e. The van der Waals surface area contributed by atoms with E-state index in [0.717, 1.165) is 10.0 Å². The lowest BCUT2D eigenvalue weighted by atomic mass is 10.0. The van der Waals surface area contributed by atoms with Gasteiger partial charge in [-0.05, 0) is 55.5 Å². The zero-order chi connectivity index (χ0) is 23.8. The molecule has 0 unspecified atom stereocenters. The van der Waals surface area contributed by atoms with E-state index >= 15 is 0 Å². The van der Waals surface area contributed by atoms with Crippen LogP contribution in [0, 0.1) is 6.92 Å². The predicted molar refractivity (Wildman–Crippen MR) is 126 cm³/mol. The molecule has 0 aliphatic carbocycles. The molecule has 2 heterocycles. The van der Waals surface area contributed by atoms with E-state index in [9.17, 15) is 9.59 Å².